The van der Waals surface area contributed by atoms with Crippen LogP contribution in [0.5, 0.6) is 5.75 Å². The lowest BCUT2D eigenvalue weighted by atomic mass is 10.0. The third kappa shape index (κ3) is 3.00. The maximum atomic E-state index is 12.6. The van der Waals surface area contributed by atoms with Crippen molar-refractivity contribution in [3.8, 4) is 5.75 Å². The SMILES string of the molecule is COc1c(N)cccc1C(=O)N1CCCC(C)CC1. The van der Waals surface area contributed by atoms with Crippen LogP contribution in [-0.2, 0) is 0 Å². The number of nitrogens with two attached hydrogens (primary N) is 1. The van der Waals surface area contributed by atoms with Gasteiger partial charge in [0.2, 0.25) is 0 Å². The number of benzene rings is 1. The Morgan fingerprint density at radius 3 is 2.89 bits per heavy atom. The zero-order valence-electron chi connectivity index (χ0n) is 11.7. The second-order valence-electron chi connectivity index (χ2n) is 5.26. The fourth-order valence-electron chi connectivity index (χ4n) is 2.59. The number of methoxy groups -OCH3 is 1. The number of hydrogen-bond donors (Lipinski definition) is 1. The van der Waals surface area contributed by atoms with Gasteiger partial charge >= 0.3 is 0 Å². The molecule has 4 heteroatoms. The molecule has 0 bridgehead atoms. The van der Waals surface area contributed by atoms with E-state index in [1.807, 2.05) is 4.90 Å². The summed E-state index contributed by atoms with van der Waals surface area (Å²) >= 11 is 0. The summed E-state index contributed by atoms with van der Waals surface area (Å²) < 4.78 is 5.27. The van der Waals surface area contributed by atoms with Crippen LogP contribution in [0.1, 0.15) is 36.5 Å². The Morgan fingerprint density at radius 2 is 2.16 bits per heavy atom. The van der Waals surface area contributed by atoms with Gasteiger partial charge in [-0.25, -0.2) is 0 Å². The molecular weight excluding hydrogens is 240 g/mol. The predicted octanol–water partition coefficient (Wildman–Crippen LogP) is 2.54. The summed E-state index contributed by atoms with van der Waals surface area (Å²) in [6.07, 6.45) is 3.33. The van der Waals surface area contributed by atoms with Crippen molar-refractivity contribution in [2.24, 2.45) is 5.92 Å². The van der Waals surface area contributed by atoms with Gasteiger partial charge in [-0.1, -0.05) is 13.0 Å². The van der Waals surface area contributed by atoms with Gasteiger partial charge in [-0.15, -0.1) is 0 Å². The Hall–Kier alpha value is -1.71. The van der Waals surface area contributed by atoms with Crippen LogP contribution >= 0.6 is 0 Å². The van der Waals surface area contributed by atoms with Gasteiger partial charge in [-0.3, -0.25) is 4.79 Å². The van der Waals surface area contributed by atoms with E-state index in [2.05, 4.69) is 6.92 Å². The summed E-state index contributed by atoms with van der Waals surface area (Å²) in [5.74, 6) is 1.21. The number of carbonyl (C=O) groups excluding carboxylic acids is 1. The predicted molar refractivity (Wildman–Crippen MR) is 76.3 cm³/mol. The van der Waals surface area contributed by atoms with E-state index in [0.29, 0.717) is 22.9 Å². The zero-order valence-corrected chi connectivity index (χ0v) is 11.7. The van der Waals surface area contributed by atoms with E-state index in [-0.39, 0.29) is 5.91 Å². The average Bonchev–Trinajstić information content (AvgIpc) is 2.62. The average molecular weight is 262 g/mol. The molecule has 2 N–H and O–H groups in total. The van der Waals surface area contributed by atoms with E-state index in [0.717, 1.165) is 25.9 Å². The van der Waals surface area contributed by atoms with Crippen LogP contribution in [0.3, 0.4) is 0 Å². The Bertz CT molecular complexity index is 459. The topological polar surface area (TPSA) is 55.6 Å². The molecule has 104 valence electrons. The summed E-state index contributed by atoms with van der Waals surface area (Å²) in [5.41, 5.74) is 6.93. The fraction of sp³-hybridized carbons (Fsp3) is 0.533. The first kappa shape index (κ1) is 13.7. The minimum absolute atomic E-state index is 0.0262. The number of nitrogens with zero attached hydrogens (tertiary/aromatic N) is 1. The van der Waals surface area contributed by atoms with Gasteiger partial charge in [-0.2, -0.15) is 0 Å². The van der Waals surface area contributed by atoms with Crippen molar-refractivity contribution in [1.82, 2.24) is 4.90 Å². The van der Waals surface area contributed by atoms with Crippen LogP contribution in [0.2, 0.25) is 0 Å². The third-order valence-electron chi connectivity index (χ3n) is 3.78. The molecule has 0 aromatic heterocycles. The van der Waals surface area contributed by atoms with Gasteiger partial charge in [0.05, 0.1) is 18.4 Å². The summed E-state index contributed by atoms with van der Waals surface area (Å²) in [4.78, 5) is 14.5. The largest absolute Gasteiger partial charge is 0.494 e. The third-order valence-corrected chi connectivity index (χ3v) is 3.78. The lowest BCUT2D eigenvalue weighted by Crippen LogP contribution is -2.32. The normalized spacial score (nSPS) is 19.9. The summed E-state index contributed by atoms with van der Waals surface area (Å²) in [6.45, 7) is 3.88. The van der Waals surface area contributed by atoms with E-state index in [4.69, 9.17) is 10.5 Å². The van der Waals surface area contributed by atoms with Crippen LogP contribution in [0.15, 0.2) is 18.2 Å². The second kappa shape index (κ2) is 5.95. The standard InChI is InChI=1S/C15H22N2O2/c1-11-5-4-9-17(10-8-11)15(18)12-6-3-7-13(16)14(12)19-2/h3,6-7,11H,4-5,8-10,16H2,1-2H3. The number of likely N-dealkylation sites (tertiary alicyclic amines) is 1. The van der Waals surface area contributed by atoms with Crippen molar-refractivity contribution >= 4 is 11.6 Å². The highest BCUT2D eigenvalue weighted by Crippen LogP contribution is 2.28. The number of ether oxygens (including phenoxy) is 1. The van der Waals surface area contributed by atoms with Crippen molar-refractivity contribution < 1.29 is 9.53 Å². The zero-order chi connectivity index (χ0) is 13.8. The number of anilines is 1. The monoisotopic (exact) mass is 262 g/mol. The molecule has 0 saturated carbocycles. The first-order chi connectivity index (χ1) is 9.13. The molecule has 0 radical (unpaired) electrons. The number of hydrogen-bond acceptors (Lipinski definition) is 3. The molecule has 1 aromatic carbocycles. The lowest BCUT2D eigenvalue weighted by Gasteiger charge is -2.22. The Morgan fingerprint density at radius 1 is 1.37 bits per heavy atom. The molecule has 1 heterocycles. The molecule has 1 saturated heterocycles. The molecule has 2 rings (SSSR count). The number of amides is 1. The van der Waals surface area contributed by atoms with Crippen LogP contribution in [0.4, 0.5) is 5.69 Å². The highest BCUT2D eigenvalue weighted by atomic mass is 16.5. The highest BCUT2D eigenvalue weighted by Gasteiger charge is 2.23. The smallest absolute Gasteiger partial charge is 0.257 e. The highest BCUT2D eigenvalue weighted by molar-refractivity contribution is 5.98. The summed E-state index contributed by atoms with van der Waals surface area (Å²) in [7, 11) is 1.55. The number of carbonyl (C=O) groups is 1. The van der Waals surface area contributed by atoms with E-state index < -0.39 is 0 Å². The maximum Gasteiger partial charge on any atom is 0.257 e. The quantitative estimate of drug-likeness (QED) is 0.833. The molecule has 1 atom stereocenters. The van der Waals surface area contributed by atoms with Gasteiger partial charge in [0.25, 0.3) is 5.91 Å². The van der Waals surface area contributed by atoms with Gasteiger partial charge in [0.1, 0.15) is 0 Å². The number of rotatable bonds is 2. The van der Waals surface area contributed by atoms with Crippen LogP contribution in [0.25, 0.3) is 0 Å². The van der Waals surface area contributed by atoms with Gasteiger partial charge in [0, 0.05) is 13.1 Å². The van der Waals surface area contributed by atoms with Gasteiger partial charge in [-0.05, 0) is 37.3 Å². The second-order valence-corrected chi connectivity index (χ2v) is 5.26. The van der Waals surface area contributed by atoms with Gasteiger partial charge in [0.15, 0.2) is 5.75 Å². The van der Waals surface area contributed by atoms with Crippen molar-refractivity contribution in [3.63, 3.8) is 0 Å². The molecule has 19 heavy (non-hydrogen) atoms. The van der Waals surface area contributed by atoms with E-state index in [1.165, 1.54) is 6.42 Å². The van der Waals surface area contributed by atoms with E-state index in [1.54, 1.807) is 25.3 Å². The summed E-state index contributed by atoms with van der Waals surface area (Å²) in [6, 6.07) is 5.33. The minimum Gasteiger partial charge on any atom is -0.494 e. The van der Waals surface area contributed by atoms with Crippen molar-refractivity contribution in [2.45, 2.75) is 26.2 Å². The first-order valence-corrected chi connectivity index (χ1v) is 6.85. The molecule has 0 aliphatic carbocycles. The molecule has 0 spiro atoms. The first-order valence-electron chi connectivity index (χ1n) is 6.85. The van der Waals surface area contributed by atoms with Crippen LogP contribution in [-0.4, -0.2) is 31.0 Å². The fourth-order valence-corrected chi connectivity index (χ4v) is 2.59. The van der Waals surface area contributed by atoms with Crippen molar-refractivity contribution in [3.05, 3.63) is 23.8 Å². The number of para-hydroxylation sites is 1. The Labute approximate surface area is 114 Å². The maximum absolute atomic E-state index is 12.6. The molecule has 1 amide bonds. The lowest BCUT2D eigenvalue weighted by molar-refractivity contribution is 0.0757. The van der Waals surface area contributed by atoms with Gasteiger partial charge < -0.3 is 15.4 Å². The Balaban J connectivity index is 2.21. The number of nitrogen functional groups attached to an aromatic ring is 1. The molecule has 1 aromatic rings. The Kier molecular flexibility index (Phi) is 4.30. The minimum atomic E-state index is 0.0262. The molecule has 1 unspecified atom stereocenters. The molecule has 1 fully saturated rings. The van der Waals surface area contributed by atoms with Crippen LogP contribution < -0.4 is 10.5 Å². The molecule has 4 nitrogen and oxygen atoms in total. The van der Waals surface area contributed by atoms with Crippen molar-refractivity contribution in [2.75, 3.05) is 25.9 Å². The molecule has 1 aliphatic heterocycles. The van der Waals surface area contributed by atoms with Crippen molar-refractivity contribution in [1.29, 1.82) is 0 Å². The van der Waals surface area contributed by atoms with Crippen LogP contribution in [0, 0.1) is 5.92 Å². The van der Waals surface area contributed by atoms with E-state index in [9.17, 15) is 4.79 Å². The van der Waals surface area contributed by atoms with E-state index >= 15 is 0 Å². The molecular formula is C15H22N2O2. The molecule has 1 aliphatic rings. The summed E-state index contributed by atoms with van der Waals surface area (Å²) in [5, 5.41) is 0.